The summed E-state index contributed by atoms with van der Waals surface area (Å²) in [6.45, 7) is 1.66. The third-order valence-corrected chi connectivity index (χ3v) is 6.74. The van der Waals surface area contributed by atoms with Crippen LogP contribution in [0.1, 0.15) is 0 Å². The Labute approximate surface area is 207 Å². The molecule has 5 rings (SSSR count). The summed E-state index contributed by atoms with van der Waals surface area (Å²) in [6, 6.07) is 5.52. The molecule has 4 aromatic rings. The first-order valence-electron chi connectivity index (χ1n) is 10.9. The topological polar surface area (TPSA) is 101 Å². The molecule has 0 aliphatic carbocycles. The van der Waals surface area contributed by atoms with Gasteiger partial charge in [0.25, 0.3) is 0 Å². The van der Waals surface area contributed by atoms with Gasteiger partial charge in [-0.05, 0) is 39.5 Å². The molecule has 1 saturated heterocycles. The summed E-state index contributed by atoms with van der Waals surface area (Å²) < 4.78 is 41.4. The second-order valence-corrected chi connectivity index (χ2v) is 9.03. The van der Waals surface area contributed by atoms with Crippen LogP contribution in [0, 0.1) is 17.6 Å². The van der Waals surface area contributed by atoms with Crippen molar-refractivity contribution in [3.63, 3.8) is 0 Å². The molecule has 8 nitrogen and oxygen atoms in total. The van der Waals surface area contributed by atoms with E-state index < -0.39 is 11.6 Å². The average Bonchev–Trinajstić information content (AvgIpc) is 3.11. The Morgan fingerprint density at radius 3 is 2.86 bits per heavy atom. The average molecular weight is 547 g/mol. The first kappa shape index (κ1) is 23.6. The van der Waals surface area contributed by atoms with Gasteiger partial charge in [0.05, 0.1) is 30.2 Å². The summed E-state index contributed by atoms with van der Waals surface area (Å²) in [5, 5.41) is 21.2. The number of hydrogen-bond acceptors (Lipinski definition) is 8. The monoisotopic (exact) mass is 546 g/mol. The summed E-state index contributed by atoms with van der Waals surface area (Å²) >= 11 is 3.24. The van der Waals surface area contributed by atoms with Crippen molar-refractivity contribution >= 4 is 43.4 Å². The molecular formula is C24H21BrF2N4O4. The van der Waals surface area contributed by atoms with Gasteiger partial charge < -0.3 is 24.6 Å². The molecule has 11 heteroatoms. The summed E-state index contributed by atoms with van der Waals surface area (Å²) in [5.41, 5.74) is 0.0591. The number of aromatic hydroxyl groups is 1. The van der Waals surface area contributed by atoms with Gasteiger partial charge in [-0.2, -0.15) is 9.97 Å². The van der Waals surface area contributed by atoms with Crippen LogP contribution in [0.15, 0.2) is 34.9 Å². The minimum absolute atomic E-state index is 0.0356. The lowest BCUT2D eigenvalue weighted by atomic mass is 10.00. The maximum atomic E-state index is 16.1. The molecule has 35 heavy (non-hydrogen) atoms. The molecule has 3 heterocycles. The summed E-state index contributed by atoms with van der Waals surface area (Å²) in [7, 11) is 1.38. The molecule has 1 unspecified atom stereocenters. The Morgan fingerprint density at radius 2 is 2.09 bits per heavy atom. The van der Waals surface area contributed by atoms with Crippen molar-refractivity contribution in [2.24, 2.45) is 5.92 Å². The van der Waals surface area contributed by atoms with Gasteiger partial charge in [0, 0.05) is 42.8 Å². The molecule has 1 atom stereocenters. The van der Waals surface area contributed by atoms with Gasteiger partial charge in [0.15, 0.2) is 5.82 Å². The highest BCUT2D eigenvalue weighted by Gasteiger charge is 2.25. The van der Waals surface area contributed by atoms with E-state index in [4.69, 9.17) is 9.47 Å². The molecule has 1 aliphatic heterocycles. The van der Waals surface area contributed by atoms with Crippen LogP contribution in [-0.2, 0) is 4.74 Å². The number of phenols is 1. The Bertz CT molecular complexity index is 1440. The van der Waals surface area contributed by atoms with Crippen molar-refractivity contribution in [2.45, 2.75) is 0 Å². The minimum atomic E-state index is -0.766. The van der Waals surface area contributed by atoms with Gasteiger partial charge in [-0.25, -0.2) is 8.78 Å². The summed E-state index contributed by atoms with van der Waals surface area (Å²) in [6.07, 6.45) is 1.45. The molecule has 0 amide bonds. The zero-order valence-electron chi connectivity index (χ0n) is 18.6. The van der Waals surface area contributed by atoms with Gasteiger partial charge in [-0.3, -0.25) is 4.98 Å². The lowest BCUT2D eigenvalue weighted by Gasteiger charge is -2.25. The predicted octanol–water partition coefficient (Wildman–Crippen LogP) is 4.05. The zero-order valence-corrected chi connectivity index (χ0v) is 20.2. The standard InChI is InChI=1S/C24H21BrF2N4O4/c1-34-24-29-22-16(23(30-24)31-4-5-35-11-12(9-31)10-32)8-28-21(20(22)27)15-7-14(33)6-13-2-3-17(26)19(25)18(13)15/h2-3,6-8,12,32-33H,4-5,9-11H2,1H3. The van der Waals surface area contributed by atoms with E-state index in [1.807, 2.05) is 4.90 Å². The molecule has 1 aliphatic rings. The molecule has 0 bridgehead atoms. The van der Waals surface area contributed by atoms with E-state index in [1.54, 1.807) is 0 Å². The van der Waals surface area contributed by atoms with E-state index in [-0.39, 0.29) is 45.5 Å². The maximum absolute atomic E-state index is 16.1. The number of nitrogens with zero attached hydrogens (tertiary/aromatic N) is 4. The van der Waals surface area contributed by atoms with E-state index in [2.05, 4.69) is 30.9 Å². The zero-order chi connectivity index (χ0) is 24.7. The van der Waals surface area contributed by atoms with Crippen molar-refractivity contribution in [3.05, 3.63) is 46.6 Å². The third-order valence-electron chi connectivity index (χ3n) is 5.97. The highest BCUT2D eigenvalue weighted by Crippen LogP contribution is 2.40. The Kier molecular flexibility index (Phi) is 6.39. The number of aromatic nitrogens is 3. The smallest absolute Gasteiger partial charge is 0.318 e. The number of phenolic OH excluding ortho intramolecular Hbond substituents is 1. The second-order valence-electron chi connectivity index (χ2n) is 8.24. The lowest BCUT2D eigenvalue weighted by molar-refractivity contribution is 0.0959. The Balaban J connectivity index is 1.74. The van der Waals surface area contributed by atoms with E-state index >= 15 is 4.39 Å². The fourth-order valence-electron chi connectivity index (χ4n) is 4.29. The first-order chi connectivity index (χ1) is 16.9. The van der Waals surface area contributed by atoms with Crippen molar-refractivity contribution in [3.8, 4) is 23.0 Å². The van der Waals surface area contributed by atoms with Crippen molar-refractivity contribution in [1.29, 1.82) is 0 Å². The summed E-state index contributed by atoms with van der Waals surface area (Å²) in [5.74, 6) is -1.15. The van der Waals surface area contributed by atoms with Crippen molar-refractivity contribution < 1.29 is 28.5 Å². The van der Waals surface area contributed by atoms with E-state index in [0.29, 0.717) is 48.3 Å². The van der Waals surface area contributed by atoms with Gasteiger partial charge in [0.1, 0.15) is 28.6 Å². The molecule has 2 aromatic carbocycles. The number of halogens is 3. The second kappa shape index (κ2) is 9.48. The SMILES string of the molecule is COc1nc(N2CCOCC(CO)C2)c2cnc(-c3cc(O)cc4ccc(F)c(Br)c34)c(F)c2n1. The number of hydrogen-bond donors (Lipinski definition) is 2. The molecular weight excluding hydrogens is 526 g/mol. The molecule has 0 spiro atoms. The number of methoxy groups -OCH3 is 1. The van der Waals surface area contributed by atoms with E-state index in [0.717, 1.165) is 0 Å². The number of fused-ring (bicyclic) bond motifs is 2. The third kappa shape index (κ3) is 4.24. The van der Waals surface area contributed by atoms with Gasteiger partial charge in [-0.1, -0.05) is 6.07 Å². The molecule has 0 radical (unpaired) electrons. The fraction of sp³-hybridized carbons (Fsp3) is 0.292. The normalized spacial score (nSPS) is 16.6. The number of aliphatic hydroxyl groups is 1. The molecule has 1 fully saturated rings. The number of aliphatic hydroxyl groups excluding tert-OH is 1. The van der Waals surface area contributed by atoms with Crippen LogP contribution in [0.5, 0.6) is 11.8 Å². The largest absolute Gasteiger partial charge is 0.508 e. The van der Waals surface area contributed by atoms with Crippen molar-refractivity contribution in [2.75, 3.05) is 44.9 Å². The maximum Gasteiger partial charge on any atom is 0.318 e. The van der Waals surface area contributed by atoms with Crippen LogP contribution in [0.2, 0.25) is 0 Å². The lowest BCUT2D eigenvalue weighted by Crippen LogP contribution is -2.32. The van der Waals surface area contributed by atoms with Gasteiger partial charge in [-0.15, -0.1) is 0 Å². The van der Waals surface area contributed by atoms with Crippen LogP contribution >= 0.6 is 15.9 Å². The van der Waals surface area contributed by atoms with Crippen LogP contribution in [0.4, 0.5) is 14.6 Å². The van der Waals surface area contributed by atoms with Crippen LogP contribution in [0.3, 0.4) is 0 Å². The van der Waals surface area contributed by atoms with Crippen LogP contribution < -0.4 is 9.64 Å². The quantitative estimate of drug-likeness (QED) is 0.395. The molecule has 2 aromatic heterocycles. The minimum Gasteiger partial charge on any atom is -0.508 e. The molecule has 2 N–H and O–H groups in total. The van der Waals surface area contributed by atoms with Gasteiger partial charge >= 0.3 is 6.01 Å². The molecule has 0 saturated carbocycles. The fourth-order valence-corrected chi connectivity index (χ4v) is 4.87. The predicted molar refractivity (Wildman–Crippen MR) is 130 cm³/mol. The van der Waals surface area contributed by atoms with Crippen molar-refractivity contribution in [1.82, 2.24) is 15.0 Å². The highest BCUT2D eigenvalue weighted by molar-refractivity contribution is 9.10. The summed E-state index contributed by atoms with van der Waals surface area (Å²) in [4.78, 5) is 14.9. The molecule has 182 valence electrons. The van der Waals surface area contributed by atoms with E-state index in [9.17, 15) is 14.6 Å². The van der Waals surface area contributed by atoms with Crippen LogP contribution in [-0.4, -0.2) is 65.2 Å². The highest BCUT2D eigenvalue weighted by atomic mass is 79.9. The number of rotatable bonds is 4. The Hall–Kier alpha value is -3.15. The number of benzene rings is 2. The number of ether oxygens (including phenoxy) is 2. The first-order valence-corrected chi connectivity index (χ1v) is 11.7. The van der Waals surface area contributed by atoms with E-state index in [1.165, 1.54) is 37.6 Å². The Morgan fingerprint density at radius 1 is 1.26 bits per heavy atom. The number of pyridine rings is 1. The van der Waals surface area contributed by atoms with Crippen LogP contribution in [0.25, 0.3) is 32.9 Å². The number of anilines is 1. The van der Waals surface area contributed by atoms with Gasteiger partial charge in [0.2, 0.25) is 0 Å².